The molecule has 3 N–H and O–H groups in total. The van der Waals surface area contributed by atoms with E-state index in [1.807, 2.05) is 31.2 Å². The SMILES string of the molecule is Cc1ccc(-c2cn([C@@H]3OC[C@@H](O)[C@H](O)[C@H]3O)nn2)cc1. The molecule has 0 bridgehead atoms. The van der Waals surface area contributed by atoms with Gasteiger partial charge in [0, 0.05) is 5.56 Å². The number of benzene rings is 1. The molecule has 0 radical (unpaired) electrons. The minimum Gasteiger partial charge on any atom is -0.388 e. The van der Waals surface area contributed by atoms with E-state index in [1.165, 1.54) is 4.68 Å². The quantitative estimate of drug-likeness (QED) is 0.712. The van der Waals surface area contributed by atoms with Crippen molar-refractivity contribution in [2.45, 2.75) is 31.5 Å². The minimum atomic E-state index is -1.27. The van der Waals surface area contributed by atoms with Gasteiger partial charge in [0.15, 0.2) is 6.23 Å². The van der Waals surface area contributed by atoms with Crippen LogP contribution in [0.1, 0.15) is 11.8 Å². The van der Waals surface area contributed by atoms with E-state index in [9.17, 15) is 15.3 Å². The number of nitrogens with zero attached hydrogens (tertiary/aromatic N) is 3. The van der Waals surface area contributed by atoms with Crippen molar-refractivity contribution >= 4 is 0 Å². The summed E-state index contributed by atoms with van der Waals surface area (Å²) in [5.41, 5.74) is 2.69. The zero-order chi connectivity index (χ0) is 15.0. The van der Waals surface area contributed by atoms with Crippen LogP contribution < -0.4 is 0 Å². The molecule has 0 unspecified atom stereocenters. The summed E-state index contributed by atoms with van der Waals surface area (Å²) in [6.07, 6.45) is -2.85. The van der Waals surface area contributed by atoms with Gasteiger partial charge in [-0.25, -0.2) is 4.68 Å². The van der Waals surface area contributed by atoms with Crippen LogP contribution in [0.25, 0.3) is 11.3 Å². The summed E-state index contributed by atoms with van der Waals surface area (Å²) in [4.78, 5) is 0. The smallest absolute Gasteiger partial charge is 0.180 e. The third-order valence-corrected chi connectivity index (χ3v) is 3.59. The molecule has 1 aromatic carbocycles. The predicted octanol–water partition coefficient (Wildman–Crippen LogP) is -0.135. The Balaban J connectivity index is 1.83. The highest BCUT2D eigenvalue weighted by molar-refractivity contribution is 5.57. The Morgan fingerprint density at radius 2 is 1.86 bits per heavy atom. The number of aromatic nitrogens is 3. The van der Waals surface area contributed by atoms with E-state index in [0.717, 1.165) is 11.1 Å². The second-order valence-electron chi connectivity index (χ2n) is 5.22. The molecular formula is C14H17N3O4. The van der Waals surface area contributed by atoms with Crippen LogP contribution in [-0.2, 0) is 4.74 Å². The molecule has 7 nitrogen and oxygen atoms in total. The molecule has 1 fully saturated rings. The average molecular weight is 291 g/mol. The van der Waals surface area contributed by atoms with Gasteiger partial charge in [0.25, 0.3) is 0 Å². The molecule has 4 atom stereocenters. The fourth-order valence-electron chi connectivity index (χ4n) is 2.28. The van der Waals surface area contributed by atoms with E-state index >= 15 is 0 Å². The topological polar surface area (TPSA) is 101 Å². The van der Waals surface area contributed by atoms with E-state index < -0.39 is 24.5 Å². The Morgan fingerprint density at radius 3 is 2.57 bits per heavy atom. The van der Waals surface area contributed by atoms with Crippen LogP contribution in [0.3, 0.4) is 0 Å². The van der Waals surface area contributed by atoms with E-state index in [0.29, 0.717) is 5.69 Å². The first kappa shape index (κ1) is 14.2. The van der Waals surface area contributed by atoms with Crippen LogP contribution in [0.2, 0.25) is 0 Å². The van der Waals surface area contributed by atoms with E-state index in [-0.39, 0.29) is 6.61 Å². The molecule has 0 saturated carbocycles. The van der Waals surface area contributed by atoms with Gasteiger partial charge in [0.1, 0.15) is 24.0 Å². The fraction of sp³-hybridized carbons (Fsp3) is 0.429. The highest BCUT2D eigenvalue weighted by Crippen LogP contribution is 2.25. The summed E-state index contributed by atoms with van der Waals surface area (Å²) >= 11 is 0. The molecule has 1 aliphatic rings. The second-order valence-corrected chi connectivity index (χ2v) is 5.22. The van der Waals surface area contributed by atoms with Crippen LogP contribution >= 0.6 is 0 Å². The average Bonchev–Trinajstić information content (AvgIpc) is 2.95. The van der Waals surface area contributed by atoms with Crippen molar-refractivity contribution < 1.29 is 20.1 Å². The fourth-order valence-corrected chi connectivity index (χ4v) is 2.28. The Kier molecular flexibility index (Phi) is 3.73. The van der Waals surface area contributed by atoms with E-state index in [2.05, 4.69) is 10.3 Å². The molecule has 1 aliphatic heterocycles. The summed E-state index contributed by atoms with van der Waals surface area (Å²) in [6.45, 7) is 1.93. The minimum absolute atomic E-state index is 0.0668. The number of hydrogen-bond donors (Lipinski definition) is 3. The molecule has 21 heavy (non-hydrogen) atoms. The summed E-state index contributed by atoms with van der Waals surface area (Å²) in [7, 11) is 0. The Morgan fingerprint density at radius 1 is 1.14 bits per heavy atom. The highest BCUT2D eigenvalue weighted by atomic mass is 16.5. The molecule has 2 aromatic rings. The highest BCUT2D eigenvalue weighted by Gasteiger charge is 2.39. The first-order chi connectivity index (χ1) is 10.1. The van der Waals surface area contributed by atoms with Gasteiger partial charge >= 0.3 is 0 Å². The molecule has 2 heterocycles. The lowest BCUT2D eigenvalue weighted by molar-refractivity contribution is -0.214. The van der Waals surface area contributed by atoms with Crippen LogP contribution in [-0.4, -0.2) is 55.2 Å². The standard InChI is InChI=1S/C14H17N3O4/c1-8-2-4-9(5-3-8)10-6-17(16-15-10)14-13(20)12(19)11(18)7-21-14/h2-6,11-14,18-20H,7H2,1H3/t11-,12+,13-,14-/m1/s1. The van der Waals surface area contributed by atoms with Crippen molar-refractivity contribution in [1.29, 1.82) is 0 Å². The van der Waals surface area contributed by atoms with Gasteiger partial charge in [-0.2, -0.15) is 0 Å². The first-order valence-corrected chi connectivity index (χ1v) is 6.71. The van der Waals surface area contributed by atoms with Crippen molar-refractivity contribution in [3.63, 3.8) is 0 Å². The van der Waals surface area contributed by atoms with E-state index in [1.54, 1.807) is 6.20 Å². The zero-order valence-corrected chi connectivity index (χ0v) is 11.5. The van der Waals surface area contributed by atoms with Crippen molar-refractivity contribution in [3.8, 4) is 11.3 Å². The van der Waals surface area contributed by atoms with Gasteiger partial charge in [-0.15, -0.1) is 5.10 Å². The summed E-state index contributed by atoms with van der Waals surface area (Å²) in [5, 5.41) is 37.1. The Hall–Kier alpha value is -1.80. The summed E-state index contributed by atoms with van der Waals surface area (Å²) in [6, 6.07) is 7.81. The van der Waals surface area contributed by atoms with Crippen molar-refractivity contribution in [1.82, 2.24) is 15.0 Å². The van der Waals surface area contributed by atoms with Crippen molar-refractivity contribution in [3.05, 3.63) is 36.0 Å². The number of aliphatic hydroxyl groups excluding tert-OH is 3. The third kappa shape index (κ3) is 2.68. The van der Waals surface area contributed by atoms with Crippen LogP contribution in [0.4, 0.5) is 0 Å². The van der Waals surface area contributed by atoms with Crippen molar-refractivity contribution in [2.24, 2.45) is 0 Å². The number of aliphatic hydroxyl groups is 3. The van der Waals surface area contributed by atoms with E-state index in [4.69, 9.17) is 4.74 Å². The first-order valence-electron chi connectivity index (χ1n) is 6.71. The maximum absolute atomic E-state index is 9.95. The molecule has 0 spiro atoms. The molecular weight excluding hydrogens is 274 g/mol. The lowest BCUT2D eigenvalue weighted by atomic mass is 10.0. The molecule has 1 aromatic heterocycles. The van der Waals surface area contributed by atoms with Gasteiger partial charge in [-0.1, -0.05) is 35.0 Å². The third-order valence-electron chi connectivity index (χ3n) is 3.59. The summed E-state index contributed by atoms with van der Waals surface area (Å²) < 4.78 is 6.68. The number of ether oxygens (including phenoxy) is 1. The number of aryl methyl sites for hydroxylation is 1. The lowest BCUT2D eigenvalue weighted by Crippen LogP contribution is -2.50. The van der Waals surface area contributed by atoms with Gasteiger partial charge in [0.2, 0.25) is 0 Å². The monoisotopic (exact) mass is 291 g/mol. The molecule has 7 heteroatoms. The summed E-state index contributed by atoms with van der Waals surface area (Å²) in [5.74, 6) is 0. The normalized spacial score (nSPS) is 29.5. The number of rotatable bonds is 2. The van der Waals surface area contributed by atoms with Gasteiger partial charge in [-0.05, 0) is 6.92 Å². The van der Waals surface area contributed by atoms with Crippen LogP contribution in [0.15, 0.2) is 30.5 Å². The molecule has 3 rings (SSSR count). The maximum atomic E-state index is 9.95. The number of hydrogen-bond acceptors (Lipinski definition) is 6. The van der Waals surface area contributed by atoms with Crippen LogP contribution in [0.5, 0.6) is 0 Å². The lowest BCUT2D eigenvalue weighted by Gasteiger charge is -2.34. The Bertz CT molecular complexity index is 613. The van der Waals surface area contributed by atoms with Gasteiger partial charge in [-0.3, -0.25) is 0 Å². The van der Waals surface area contributed by atoms with Gasteiger partial charge < -0.3 is 20.1 Å². The maximum Gasteiger partial charge on any atom is 0.180 e. The largest absolute Gasteiger partial charge is 0.388 e. The molecule has 0 aliphatic carbocycles. The predicted molar refractivity (Wildman–Crippen MR) is 73.2 cm³/mol. The second kappa shape index (κ2) is 5.53. The molecule has 0 amide bonds. The Labute approximate surface area is 121 Å². The van der Waals surface area contributed by atoms with Crippen LogP contribution in [0, 0.1) is 6.92 Å². The molecule has 112 valence electrons. The molecule has 1 saturated heterocycles. The van der Waals surface area contributed by atoms with Crippen molar-refractivity contribution in [2.75, 3.05) is 6.61 Å². The van der Waals surface area contributed by atoms with Gasteiger partial charge in [0.05, 0.1) is 12.8 Å². The zero-order valence-electron chi connectivity index (χ0n) is 11.5.